The van der Waals surface area contributed by atoms with E-state index in [1.165, 1.54) is 0 Å². The van der Waals surface area contributed by atoms with Gasteiger partial charge in [0.1, 0.15) is 5.75 Å². The van der Waals surface area contributed by atoms with Gasteiger partial charge in [0.2, 0.25) is 0 Å². The maximum atomic E-state index is 12.7. The minimum absolute atomic E-state index is 0.0547. The zero-order chi connectivity index (χ0) is 20.9. The molecule has 1 aliphatic heterocycles. The molecule has 0 unspecified atom stereocenters. The van der Waals surface area contributed by atoms with Gasteiger partial charge in [0.15, 0.2) is 12.3 Å². The Hall–Kier alpha value is -3.61. The first kappa shape index (κ1) is 19.7. The summed E-state index contributed by atoms with van der Waals surface area (Å²) in [5.74, 6) is 0.0395. The Bertz CT molecular complexity index is 1030. The number of ether oxygens (including phenoxy) is 2. The molecular formula is C23H23N3O4. The van der Waals surface area contributed by atoms with E-state index >= 15 is 0 Å². The van der Waals surface area contributed by atoms with Crippen molar-refractivity contribution in [3.63, 3.8) is 0 Å². The molecule has 1 aromatic heterocycles. The molecule has 4 rings (SSSR count). The zero-order valence-corrected chi connectivity index (χ0v) is 16.8. The van der Waals surface area contributed by atoms with E-state index in [1.807, 2.05) is 60.7 Å². The summed E-state index contributed by atoms with van der Waals surface area (Å²) in [4.78, 5) is 26.9. The summed E-state index contributed by atoms with van der Waals surface area (Å²) in [6.07, 6.45) is 0.591. The second kappa shape index (κ2) is 8.82. The minimum atomic E-state index is -0.474. The minimum Gasteiger partial charge on any atom is -0.484 e. The molecule has 3 aromatic rings. The van der Waals surface area contributed by atoms with Crippen molar-refractivity contribution in [2.45, 2.75) is 19.9 Å². The van der Waals surface area contributed by atoms with Crippen molar-refractivity contribution in [3.05, 3.63) is 77.6 Å². The predicted octanol–water partition coefficient (Wildman–Crippen LogP) is 3.01. The number of aromatic nitrogens is 2. The number of carbonyl (C=O) groups excluding carboxylic acids is 2. The standard InChI is InChI=1S/C23H23N3O4/c1-2-29-23(28)22-19-15-25(21(27)16-30-18-11-7-4-8-12-18)14-13-20(19)26(24-22)17-9-5-3-6-10-17/h3-12H,2,13-16H2,1H3. The van der Waals surface area contributed by atoms with Crippen molar-refractivity contribution in [3.8, 4) is 11.4 Å². The van der Waals surface area contributed by atoms with Gasteiger partial charge >= 0.3 is 5.97 Å². The van der Waals surface area contributed by atoms with Gasteiger partial charge in [-0.2, -0.15) is 5.10 Å². The van der Waals surface area contributed by atoms with Gasteiger partial charge in [0.25, 0.3) is 5.91 Å². The average Bonchev–Trinajstić information content (AvgIpc) is 3.18. The summed E-state index contributed by atoms with van der Waals surface area (Å²) in [5, 5.41) is 4.54. The van der Waals surface area contributed by atoms with E-state index in [0.717, 1.165) is 16.9 Å². The Kier molecular flexibility index (Phi) is 5.79. The number of nitrogens with zero attached hydrogens (tertiary/aromatic N) is 3. The number of para-hydroxylation sites is 2. The molecule has 0 saturated heterocycles. The average molecular weight is 405 g/mol. The van der Waals surface area contributed by atoms with E-state index in [9.17, 15) is 9.59 Å². The van der Waals surface area contributed by atoms with Gasteiger partial charge < -0.3 is 14.4 Å². The third-order valence-electron chi connectivity index (χ3n) is 4.99. The molecule has 0 aliphatic carbocycles. The Morgan fingerprint density at radius 2 is 1.73 bits per heavy atom. The SMILES string of the molecule is CCOC(=O)c1nn(-c2ccccc2)c2c1CN(C(=O)COc1ccccc1)CC2. The highest BCUT2D eigenvalue weighted by Crippen LogP contribution is 2.26. The quantitative estimate of drug-likeness (QED) is 0.590. The van der Waals surface area contributed by atoms with Crippen molar-refractivity contribution in [2.24, 2.45) is 0 Å². The monoisotopic (exact) mass is 405 g/mol. The van der Waals surface area contributed by atoms with E-state index in [1.54, 1.807) is 16.5 Å². The van der Waals surface area contributed by atoms with Crippen molar-refractivity contribution in [2.75, 3.05) is 19.8 Å². The van der Waals surface area contributed by atoms with E-state index in [-0.39, 0.29) is 24.8 Å². The van der Waals surface area contributed by atoms with Crippen LogP contribution in [-0.2, 0) is 22.5 Å². The molecule has 0 spiro atoms. The molecule has 0 atom stereocenters. The van der Waals surface area contributed by atoms with Gasteiger partial charge in [0.05, 0.1) is 24.5 Å². The lowest BCUT2D eigenvalue weighted by Crippen LogP contribution is -2.39. The third-order valence-corrected chi connectivity index (χ3v) is 4.99. The highest BCUT2D eigenvalue weighted by Gasteiger charge is 2.31. The van der Waals surface area contributed by atoms with E-state index in [4.69, 9.17) is 9.47 Å². The molecule has 0 fully saturated rings. The normalized spacial score (nSPS) is 12.9. The van der Waals surface area contributed by atoms with Crippen LogP contribution in [0.4, 0.5) is 0 Å². The highest BCUT2D eigenvalue weighted by molar-refractivity contribution is 5.90. The molecule has 0 bridgehead atoms. The first-order valence-corrected chi connectivity index (χ1v) is 9.96. The van der Waals surface area contributed by atoms with Crippen LogP contribution in [0, 0.1) is 0 Å². The Balaban J connectivity index is 1.57. The van der Waals surface area contributed by atoms with Crippen LogP contribution in [0.2, 0.25) is 0 Å². The molecule has 7 nitrogen and oxygen atoms in total. The number of benzene rings is 2. The number of hydrogen-bond donors (Lipinski definition) is 0. The van der Waals surface area contributed by atoms with Crippen LogP contribution in [0.5, 0.6) is 5.75 Å². The maximum Gasteiger partial charge on any atom is 0.359 e. The molecule has 30 heavy (non-hydrogen) atoms. The van der Waals surface area contributed by atoms with Gasteiger partial charge in [-0.25, -0.2) is 9.48 Å². The Morgan fingerprint density at radius 3 is 2.43 bits per heavy atom. The van der Waals surface area contributed by atoms with E-state index in [0.29, 0.717) is 25.3 Å². The lowest BCUT2D eigenvalue weighted by Gasteiger charge is -2.27. The second-order valence-electron chi connectivity index (χ2n) is 6.91. The van der Waals surface area contributed by atoms with Crippen LogP contribution < -0.4 is 4.74 Å². The fourth-order valence-corrected chi connectivity index (χ4v) is 3.53. The van der Waals surface area contributed by atoms with Crippen molar-refractivity contribution in [1.82, 2.24) is 14.7 Å². The number of fused-ring (bicyclic) bond motifs is 1. The highest BCUT2D eigenvalue weighted by atomic mass is 16.5. The number of carbonyl (C=O) groups is 2. The number of hydrogen-bond acceptors (Lipinski definition) is 5. The molecule has 2 heterocycles. The van der Waals surface area contributed by atoms with Crippen LogP contribution >= 0.6 is 0 Å². The van der Waals surface area contributed by atoms with E-state index in [2.05, 4.69) is 5.10 Å². The van der Waals surface area contributed by atoms with E-state index < -0.39 is 5.97 Å². The molecule has 2 aromatic carbocycles. The van der Waals surface area contributed by atoms with Gasteiger partial charge in [-0.15, -0.1) is 0 Å². The van der Waals surface area contributed by atoms with Gasteiger partial charge in [0, 0.05) is 18.5 Å². The zero-order valence-electron chi connectivity index (χ0n) is 16.8. The van der Waals surface area contributed by atoms with Crippen molar-refractivity contribution in [1.29, 1.82) is 0 Å². The summed E-state index contributed by atoms with van der Waals surface area (Å²) in [6, 6.07) is 18.9. The summed E-state index contributed by atoms with van der Waals surface area (Å²) in [5.41, 5.74) is 2.79. The van der Waals surface area contributed by atoms with Crippen LogP contribution in [0.25, 0.3) is 5.69 Å². The number of esters is 1. The molecule has 1 amide bonds. The third kappa shape index (κ3) is 4.05. The van der Waals surface area contributed by atoms with Crippen LogP contribution in [-0.4, -0.2) is 46.3 Å². The van der Waals surface area contributed by atoms with Crippen molar-refractivity contribution >= 4 is 11.9 Å². The molecule has 0 saturated carbocycles. The predicted molar refractivity (Wildman–Crippen MR) is 111 cm³/mol. The van der Waals surface area contributed by atoms with Crippen LogP contribution in [0.3, 0.4) is 0 Å². The molecule has 7 heteroatoms. The molecule has 1 aliphatic rings. The topological polar surface area (TPSA) is 73.7 Å². The Labute approximate surface area is 174 Å². The lowest BCUT2D eigenvalue weighted by molar-refractivity contribution is -0.134. The fraction of sp³-hybridized carbons (Fsp3) is 0.261. The number of amides is 1. The van der Waals surface area contributed by atoms with Crippen LogP contribution in [0.15, 0.2) is 60.7 Å². The first-order valence-electron chi connectivity index (χ1n) is 9.96. The summed E-state index contributed by atoms with van der Waals surface area (Å²) in [6.45, 7) is 2.80. The number of rotatable bonds is 6. The molecule has 0 N–H and O–H groups in total. The summed E-state index contributed by atoms with van der Waals surface area (Å²) < 4.78 is 12.6. The summed E-state index contributed by atoms with van der Waals surface area (Å²) >= 11 is 0. The smallest absolute Gasteiger partial charge is 0.359 e. The van der Waals surface area contributed by atoms with Gasteiger partial charge in [-0.1, -0.05) is 36.4 Å². The van der Waals surface area contributed by atoms with Gasteiger partial charge in [-0.3, -0.25) is 4.79 Å². The largest absolute Gasteiger partial charge is 0.484 e. The molecule has 0 radical (unpaired) electrons. The maximum absolute atomic E-state index is 12.7. The van der Waals surface area contributed by atoms with Gasteiger partial charge in [-0.05, 0) is 31.2 Å². The first-order chi connectivity index (χ1) is 14.7. The Morgan fingerprint density at radius 1 is 1.03 bits per heavy atom. The van der Waals surface area contributed by atoms with Crippen molar-refractivity contribution < 1.29 is 19.1 Å². The second-order valence-corrected chi connectivity index (χ2v) is 6.91. The van der Waals surface area contributed by atoms with Crippen LogP contribution in [0.1, 0.15) is 28.7 Å². The fourth-order valence-electron chi connectivity index (χ4n) is 3.53. The molecule has 154 valence electrons. The summed E-state index contributed by atoms with van der Waals surface area (Å²) in [7, 11) is 0. The molecular weight excluding hydrogens is 382 g/mol. The lowest BCUT2D eigenvalue weighted by atomic mass is 10.0.